The maximum absolute atomic E-state index is 14.7. The van der Waals surface area contributed by atoms with E-state index in [1.807, 2.05) is 24.3 Å². The van der Waals surface area contributed by atoms with Gasteiger partial charge in [0.25, 0.3) is 0 Å². The van der Waals surface area contributed by atoms with Gasteiger partial charge >= 0.3 is 6.18 Å². The van der Waals surface area contributed by atoms with Gasteiger partial charge in [0.1, 0.15) is 23.5 Å². The third kappa shape index (κ3) is 2.44. The van der Waals surface area contributed by atoms with E-state index in [0.29, 0.717) is 4.88 Å². The molecule has 0 N–H and O–H groups in total. The SMILES string of the molecule is Cc1c(F)c(C(F)(F)F)c2ncnc(-c3cc4ccccc4s3)c2c1F. The van der Waals surface area contributed by atoms with Crippen LogP contribution in [0.15, 0.2) is 36.7 Å². The molecule has 26 heavy (non-hydrogen) atoms. The number of hydrogen-bond acceptors (Lipinski definition) is 3. The highest BCUT2D eigenvalue weighted by atomic mass is 32.1. The van der Waals surface area contributed by atoms with E-state index in [2.05, 4.69) is 9.97 Å². The molecular weight excluding hydrogens is 371 g/mol. The predicted octanol–water partition coefficient (Wildman–Crippen LogP) is 6.12. The van der Waals surface area contributed by atoms with Gasteiger partial charge in [0.15, 0.2) is 0 Å². The predicted molar refractivity (Wildman–Crippen MR) is 90.0 cm³/mol. The summed E-state index contributed by atoms with van der Waals surface area (Å²) in [4.78, 5) is 8.02. The summed E-state index contributed by atoms with van der Waals surface area (Å²) < 4.78 is 69.9. The smallest absolute Gasteiger partial charge is 0.235 e. The zero-order chi connectivity index (χ0) is 18.6. The average Bonchev–Trinajstić information content (AvgIpc) is 3.02. The Morgan fingerprint density at radius 1 is 1.00 bits per heavy atom. The molecule has 2 nitrogen and oxygen atoms in total. The highest BCUT2D eigenvalue weighted by Crippen LogP contribution is 2.42. The van der Waals surface area contributed by atoms with Gasteiger partial charge in [-0.25, -0.2) is 18.7 Å². The van der Waals surface area contributed by atoms with Crippen molar-refractivity contribution in [3.63, 3.8) is 0 Å². The highest BCUT2D eigenvalue weighted by Gasteiger charge is 2.39. The Labute approximate surface area is 147 Å². The van der Waals surface area contributed by atoms with Crippen LogP contribution < -0.4 is 0 Å². The fraction of sp³-hybridized carbons (Fsp3) is 0.111. The topological polar surface area (TPSA) is 25.8 Å². The van der Waals surface area contributed by atoms with E-state index in [4.69, 9.17) is 0 Å². The van der Waals surface area contributed by atoms with Crippen molar-refractivity contribution >= 4 is 32.3 Å². The lowest BCUT2D eigenvalue weighted by Gasteiger charge is -2.15. The summed E-state index contributed by atoms with van der Waals surface area (Å²) in [5.41, 5.74) is -3.04. The van der Waals surface area contributed by atoms with E-state index in [0.717, 1.165) is 23.3 Å². The van der Waals surface area contributed by atoms with E-state index in [1.165, 1.54) is 11.3 Å². The van der Waals surface area contributed by atoms with Gasteiger partial charge < -0.3 is 0 Å². The Kier molecular flexibility index (Phi) is 3.69. The van der Waals surface area contributed by atoms with Crippen LogP contribution in [0, 0.1) is 18.6 Å². The number of rotatable bonds is 1. The molecule has 0 atom stereocenters. The van der Waals surface area contributed by atoms with Crippen LogP contribution in [-0.2, 0) is 6.18 Å². The quantitative estimate of drug-likeness (QED) is 0.372. The molecule has 0 fully saturated rings. The van der Waals surface area contributed by atoms with Crippen molar-refractivity contribution in [3.8, 4) is 10.6 Å². The van der Waals surface area contributed by atoms with Gasteiger partial charge in [-0.3, -0.25) is 0 Å². The molecule has 0 aliphatic heterocycles. The zero-order valence-corrected chi connectivity index (χ0v) is 14.0. The van der Waals surface area contributed by atoms with Crippen molar-refractivity contribution in [2.24, 2.45) is 0 Å². The summed E-state index contributed by atoms with van der Waals surface area (Å²) in [6.07, 6.45) is -4.11. The summed E-state index contributed by atoms with van der Waals surface area (Å²) >= 11 is 1.27. The first-order valence-electron chi connectivity index (χ1n) is 7.47. The maximum atomic E-state index is 14.7. The summed E-state index contributed by atoms with van der Waals surface area (Å²) in [6.45, 7) is 0.973. The highest BCUT2D eigenvalue weighted by molar-refractivity contribution is 7.22. The Hall–Kier alpha value is -2.61. The van der Waals surface area contributed by atoms with Crippen molar-refractivity contribution in [2.45, 2.75) is 13.1 Å². The lowest BCUT2D eigenvalue weighted by atomic mass is 10.0. The fourth-order valence-corrected chi connectivity index (χ4v) is 3.97. The Morgan fingerprint density at radius 3 is 2.42 bits per heavy atom. The molecule has 2 aromatic carbocycles. The van der Waals surface area contributed by atoms with Crippen molar-refractivity contribution in [2.75, 3.05) is 0 Å². The molecule has 132 valence electrons. The van der Waals surface area contributed by atoms with Gasteiger partial charge in [0.2, 0.25) is 0 Å². The first-order chi connectivity index (χ1) is 12.3. The van der Waals surface area contributed by atoms with Crippen molar-refractivity contribution in [1.29, 1.82) is 0 Å². The molecule has 0 saturated carbocycles. The third-order valence-electron chi connectivity index (χ3n) is 4.12. The van der Waals surface area contributed by atoms with E-state index in [1.54, 1.807) is 6.07 Å². The Morgan fingerprint density at radius 2 is 1.73 bits per heavy atom. The van der Waals surface area contributed by atoms with E-state index in [-0.39, 0.29) is 5.69 Å². The number of aromatic nitrogens is 2. The zero-order valence-electron chi connectivity index (χ0n) is 13.2. The van der Waals surface area contributed by atoms with Gasteiger partial charge in [0, 0.05) is 10.3 Å². The van der Waals surface area contributed by atoms with Crippen LogP contribution in [0.5, 0.6) is 0 Å². The number of benzene rings is 2. The molecule has 0 radical (unpaired) electrons. The largest absolute Gasteiger partial charge is 0.421 e. The van der Waals surface area contributed by atoms with Gasteiger partial charge in [-0.1, -0.05) is 18.2 Å². The van der Waals surface area contributed by atoms with Crippen LogP contribution in [0.3, 0.4) is 0 Å². The Balaban J connectivity index is 2.13. The molecule has 0 unspecified atom stereocenters. The lowest BCUT2D eigenvalue weighted by molar-refractivity contribution is -0.138. The van der Waals surface area contributed by atoms with Gasteiger partial charge in [0.05, 0.1) is 21.5 Å². The minimum Gasteiger partial charge on any atom is -0.235 e. The average molecular weight is 380 g/mol. The fourth-order valence-electron chi connectivity index (χ4n) is 2.90. The molecule has 0 spiro atoms. The number of hydrogen-bond donors (Lipinski definition) is 0. The van der Waals surface area contributed by atoms with Crippen molar-refractivity contribution in [3.05, 3.63) is 59.4 Å². The van der Waals surface area contributed by atoms with Gasteiger partial charge in [-0.15, -0.1) is 11.3 Å². The van der Waals surface area contributed by atoms with E-state index >= 15 is 0 Å². The third-order valence-corrected chi connectivity index (χ3v) is 5.25. The van der Waals surface area contributed by atoms with Crippen LogP contribution in [0.4, 0.5) is 22.0 Å². The van der Waals surface area contributed by atoms with Gasteiger partial charge in [-0.2, -0.15) is 13.2 Å². The summed E-state index contributed by atoms with van der Waals surface area (Å²) in [6, 6.07) is 9.03. The van der Waals surface area contributed by atoms with Crippen LogP contribution in [0.2, 0.25) is 0 Å². The number of alkyl halides is 3. The lowest BCUT2D eigenvalue weighted by Crippen LogP contribution is -2.13. The molecule has 8 heteroatoms. The second-order valence-corrected chi connectivity index (χ2v) is 6.80. The standard InChI is InChI=1S/C18H9F5N2S/c1-8-14(19)12-16(11-6-9-4-2-3-5-10(9)26-11)24-7-25-17(12)13(15(8)20)18(21,22)23/h2-7H,1H3. The molecule has 4 aromatic rings. The molecule has 0 aliphatic carbocycles. The maximum Gasteiger partial charge on any atom is 0.421 e. The molecule has 0 aliphatic rings. The molecular formula is C18H9F5N2S. The van der Waals surface area contributed by atoms with E-state index in [9.17, 15) is 22.0 Å². The summed E-state index contributed by atoms with van der Waals surface area (Å²) in [5.74, 6) is -2.73. The molecule has 0 saturated heterocycles. The molecule has 2 aromatic heterocycles. The van der Waals surface area contributed by atoms with Crippen LogP contribution in [0.25, 0.3) is 31.6 Å². The number of thiophene rings is 1. The normalized spacial score (nSPS) is 12.2. The number of halogens is 5. The molecule has 4 rings (SSSR count). The second kappa shape index (κ2) is 5.70. The molecule has 0 amide bonds. The Bertz CT molecular complexity index is 1130. The molecule has 0 bridgehead atoms. The summed E-state index contributed by atoms with van der Waals surface area (Å²) in [5, 5.41) is 0.430. The number of nitrogens with zero attached hydrogens (tertiary/aromatic N) is 2. The monoisotopic (exact) mass is 380 g/mol. The minimum absolute atomic E-state index is 0.0160. The van der Waals surface area contributed by atoms with Gasteiger partial charge in [-0.05, 0) is 24.4 Å². The second-order valence-electron chi connectivity index (χ2n) is 5.72. The molecule has 2 heterocycles. The minimum atomic E-state index is -5.01. The van der Waals surface area contributed by atoms with Crippen molar-refractivity contribution in [1.82, 2.24) is 9.97 Å². The van der Waals surface area contributed by atoms with Crippen LogP contribution in [-0.4, -0.2) is 9.97 Å². The first kappa shape index (κ1) is 16.8. The summed E-state index contributed by atoms with van der Waals surface area (Å²) in [7, 11) is 0. The van der Waals surface area contributed by atoms with Crippen molar-refractivity contribution < 1.29 is 22.0 Å². The van der Waals surface area contributed by atoms with Crippen LogP contribution >= 0.6 is 11.3 Å². The van der Waals surface area contributed by atoms with Crippen LogP contribution in [0.1, 0.15) is 11.1 Å². The first-order valence-corrected chi connectivity index (χ1v) is 8.29. The van der Waals surface area contributed by atoms with E-state index < -0.39 is 39.8 Å². The number of fused-ring (bicyclic) bond motifs is 2.